The van der Waals surface area contributed by atoms with E-state index in [1.54, 1.807) is 12.1 Å². The van der Waals surface area contributed by atoms with Crippen LogP contribution in [-0.4, -0.2) is 12.0 Å². The highest BCUT2D eigenvalue weighted by Crippen LogP contribution is 2.23. The highest BCUT2D eigenvalue weighted by Gasteiger charge is 2.30. The number of nitrogens with two attached hydrogens (primary N) is 1. The lowest BCUT2D eigenvalue weighted by atomic mass is 9.99. The maximum absolute atomic E-state index is 12.4. The molecule has 0 aromatic carbocycles. The van der Waals surface area contributed by atoms with Gasteiger partial charge in [-0.2, -0.15) is 5.26 Å². The van der Waals surface area contributed by atoms with Crippen molar-refractivity contribution in [2.75, 3.05) is 0 Å². The van der Waals surface area contributed by atoms with Gasteiger partial charge >= 0.3 is 0 Å². The molecule has 0 saturated heterocycles. The van der Waals surface area contributed by atoms with Crippen molar-refractivity contribution in [2.45, 2.75) is 25.3 Å². The molecule has 0 radical (unpaired) electrons. The number of nitrogens with zero attached hydrogens (tertiary/aromatic N) is 1. The molecule has 0 amide bonds. The molecule has 1 unspecified atom stereocenters. The molecular formula is C9H10F2N2S. The van der Waals surface area contributed by atoms with E-state index in [0.717, 1.165) is 0 Å². The predicted octanol–water partition coefficient (Wildman–Crippen LogP) is 2.14. The second-order valence-corrected chi connectivity index (χ2v) is 4.53. The summed E-state index contributed by atoms with van der Waals surface area (Å²) in [5.41, 5.74) is 3.90. The molecule has 0 saturated carbocycles. The third kappa shape index (κ3) is 2.50. The van der Waals surface area contributed by atoms with Gasteiger partial charge in [-0.15, -0.1) is 11.3 Å². The van der Waals surface area contributed by atoms with Crippen LogP contribution in [0.15, 0.2) is 12.1 Å². The van der Waals surface area contributed by atoms with Gasteiger partial charge in [-0.3, -0.25) is 0 Å². The summed E-state index contributed by atoms with van der Waals surface area (Å²) in [7, 11) is 0. The van der Waals surface area contributed by atoms with E-state index in [4.69, 9.17) is 11.0 Å². The van der Waals surface area contributed by atoms with Crippen LogP contribution in [0.25, 0.3) is 0 Å². The summed E-state index contributed by atoms with van der Waals surface area (Å²) in [6.45, 7) is 1.31. The summed E-state index contributed by atoms with van der Waals surface area (Å²) in [6.07, 6.45) is -2.47. The molecule has 0 aliphatic heterocycles. The molecule has 2 nitrogen and oxygen atoms in total. The monoisotopic (exact) mass is 216 g/mol. The van der Waals surface area contributed by atoms with Crippen LogP contribution in [0.4, 0.5) is 8.78 Å². The van der Waals surface area contributed by atoms with Crippen LogP contribution >= 0.6 is 11.3 Å². The van der Waals surface area contributed by atoms with Gasteiger partial charge in [0.1, 0.15) is 10.9 Å². The van der Waals surface area contributed by atoms with Crippen molar-refractivity contribution in [3.8, 4) is 6.07 Å². The Morgan fingerprint density at radius 3 is 2.71 bits per heavy atom. The topological polar surface area (TPSA) is 49.8 Å². The molecule has 5 heteroatoms. The number of hydrogen-bond donors (Lipinski definition) is 1. The Bertz CT molecular complexity index is 352. The maximum Gasteiger partial charge on any atom is 0.256 e. The van der Waals surface area contributed by atoms with Gasteiger partial charge in [-0.1, -0.05) is 0 Å². The molecule has 1 aromatic heterocycles. The van der Waals surface area contributed by atoms with E-state index in [1.165, 1.54) is 18.3 Å². The number of hydrogen-bond acceptors (Lipinski definition) is 3. The molecule has 0 aliphatic carbocycles. The third-order valence-corrected chi connectivity index (χ3v) is 2.82. The molecule has 0 fully saturated rings. The van der Waals surface area contributed by atoms with Crippen LogP contribution < -0.4 is 5.73 Å². The normalized spacial score (nSPS) is 15.1. The number of nitriles is 1. The van der Waals surface area contributed by atoms with Crippen molar-refractivity contribution in [3.63, 3.8) is 0 Å². The Hall–Kier alpha value is -0.990. The van der Waals surface area contributed by atoms with Gasteiger partial charge in [-0.25, -0.2) is 8.78 Å². The Balaban J connectivity index is 2.74. The summed E-state index contributed by atoms with van der Waals surface area (Å²) in [5.74, 6) is 0. The van der Waals surface area contributed by atoms with Crippen LogP contribution in [0.3, 0.4) is 0 Å². The van der Waals surface area contributed by atoms with Crippen molar-refractivity contribution < 1.29 is 8.78 Å². The van der Waals surface area contributed by atoms with Crippen LogP contribution in [-0.2, 0) is 6.42 Å². The molecule has 0 bridgehead atoms. The van der Waals surface area contributed by atoms with E-state index in [1.807, 2.05) is 6.07 Å². The Morgan fingerprint density at radius 2 is 2.29 bits per heavy atom. The van der Waals surface area contributed by atoms with E-state index in [0.29, 0.717) is 9.75 Å². The van der Waals surface area contributed by atoms with Crippen LogP contribution in [0, 0.1) is 11.3 Å². The molecule has 1 rings (SSSR count). The van der Waals surface area contributed by atoms with Gasteiger partial charge in [0, 0.05) is 11.3 Å². The Kier molecular flexibility index (Phi) is 3.19. The first-order valence-corrected chi connectivity index (χ1v) is 4.83. The van der Waals surface area contributed by atoms with E-state index in [9.17, 15) is 8.78 Å². The van der Waals surface area contributed by atoms with Crippen LogP contribution in [0.5, 0.6) is 0 Å². The summed E-state index contributed by atoms with van der Waals surface area (Å²) < 4.78 is 24.8. The zero-order valence-corrected chi connectivity index (χ0v) is 8.44. The largest absolute Gasteiger partial charge is 0.320 e. The third-order valence-electron chi connectivity index (χ3n) is 1.83. The van der Waals surface area contributed by atoms with Gasteiger partial charge in [0.15, 0.2) is 0 Å². The fourth-order valence-corrected chi connectivity index (χ4v) is 1.97. The Morgan fingerprint density at radius 1 is 1.64 bits per heavy atom. The van der Waals surface area contributed by atoms with Crippen LogP contribution in [0.1, 0.15) is 16.7 Å². The van der Waals surface area contributed by atoms with E-state index >= 15 is 0 Å². The summed E-state index contributed by atoms with van der Waals surface area (Å²) >= 11 is 1.20. The molecule has 2 N–H and O–H groups in total. The average Bonchev–Trinajstić information content (AvgIpc) is 2.51. The second kappa shape index (κ2) is 4.03. The highest BCUT2D eigenvalue weighted by molar-refractivity contribution is 7.12. The first kappa shape index (κ1) is 11.1. The lowest BCUT2D eigenvalue weighted by Gasteiger charge is -2.22. The zero-order chi connectivity index (χ0) is 10.8. The number of rotatable bonds is 3. The SMILES string of the molecule is CC(N)(Cc1ccc(C#N)s1)C(F)F. The minimum Gasteiger partial charge on any atom is -0.320 e. The fraction of sp³-hybridized carbons (Fsp3) is 0.444. The molecule has 0 spiro atoms. The van der Waals surface area contributed by atoms with Crippen molar-refractivity contribution in [2.24, 2.45) is 5.73 Å². The van der Waals surface area contributed by atoms with Gasteiger partial charge in [0.25, 0.3) is 6.43 Å². The quantitative estimate of drug-likeness (QED) is 0.841. The molecule has 1 heterocycles. The van der Waals surface area contributed by atoms with Crippen molar-refractivity contribution in [1.82, 2.24) is 0 Å². The average molecular weight is 216 g/mol. The van der Waals surface area contributed by atoms with Gasteiger partial charge in [0.05, 0.1) is 5.54 Å². The molecule has 1 atom stereocenters. The summed E-state index contributed by atoms with van der Waals surface area (Å²) in [5, 5.41) is 8.54. The van der Waals surface area contributed by atoms with Crippen molar-refractivity contribution >= 4 is 11.3 Å². The minimum atomic E-state index is -2.56. The van der Waals surface area contributed by atoms with E-state index < -0.39 is 12.0 Å². The number of thiophene rings is 1. The van der Waals surface area contributed by atoms with Gasteiger partial charge in [-0.05, 0) is 19.1 Å². The van der Waals surface area contributed by atoms with E-state index in [-0.39, 0.29) is 6.42 Å². The van der Waals surface area contributed by atoms with Crippen molar-refractivity contribution in [1.29, 1.82) is 5.26 Å². The predicted molar refractivity (Wildman–Crippen MR) is 51.3 cm³/mol. The smallest absolute Gasteiger partial charge is 0.256 e. The van der Waals surface area contributed by atoms with Gasteiger partial charge < -0.3 is 5.73 Å². The zero-order valence-electron chi connectivity index (χ0n) is 7.63. The number of alkyl halides is 2. The molecule has 76 valence electrons. The Labute approximate surface area is 85.0 Å². The first-order valence-electron chi connectivity index (χ1n) is 4.01. The lowest BCUT2D eigenvalue weighted by molar-refractivity contribution is 0.0644. The summed E-state index contributed by atoms with van der Waals surface area (Å²) in [4.78, 5) is 1.23. The molecule has 0 aliphatic rings. The number of halogens is 2. The molecule has 1 aromatic rings. The molecule has 14 heavy (non-hydrogen) atoms. The van der Waals surface area contributed by atoms with Crippen LogP contribution in [0.2, 0.25) is 0 Å². The van der Waals surface area contributed by atoms with Gasteiger partial charge in [0.2, 0.25) is 0 Å². The summed E-state index contributed by atoms with van der Waals surface area (Å²) in [6, 6.07) is 5.23. The molecular weight excluding hydrogens is 206 g/mol. The first-order chi connectivity index (χ1) is 6.45. The fourth-order valence-electron chi connectivity index (χ4n) is 0.986. The maximum atomic E-state index is 12.4. The minimum absolute atomic E-state index is 0.0943. The highest BCUT2D eigenvalue weighted by atomic mass is 32.1. The van der Waals surface area contributed by atoms with E-state index in [2.05, 4.69) is 0 Å². The lowest BCUT2D eigenvalue weighted by Crippen LogP contribution is -2.45. The second-order valence-electron chi connectivity index (χ2n) is 3.36. The standard InChI is InChI=1S/C9H10F2N2S/c1-9(13,8(10)11)4-6-2-3-7(5-12)14-6/h2-3,8H,4,13H2,1H3. The van der Waals surface area contributed by atoms with Crippen molar-refractivity contribution in [3.05, 3.63) is 21.9 Å².